The van der Waals surface area contributed by atoms with E-state index in [0.717, 1.165) is 11.3 Å². The monoisotopic (exact) mass is 617 g/mol. The molecule has 0 saturated carbocycles. The molecule has 1 amide bonds. The minimum absolute atomic E-state index is 0.0939. The molecule has 1 heterocycles. The predicted octanol–water partition coefficient (Wildman–Crippen LogP) is 6.49. The Morgan fingerprint density at radius 2 is 1.40 bits per heavy atom. The first-order valence-corrected chi connectivity index (χ1v) is 15.0. The van der Waals surface area contributed by atoms with Gasteiger partial charge in [0.05, 0.1) is 29.9 Å². The van der Waals surface area contributed by atoms with Crippen molar-refractivity contribution in [1.82, 2.24) is 9.47 Å². The molecule has 3 aromatic carbocycles. The van der Waals surface area contributed by atoms with Gasteiger partial charge in [-0.2, -0.15) is 0 Å². The highest BCUT2D eigenvalue weighted by Crippen LogP contribution is 2.42. The number of para-hydroxylation sites is 1. The molecule has 0 unspecified atom stereocenters. The third-order valence-electron chi connectivity index (χ3n) is 6.93. The summed E-state index contributed by atoms with van der Waals surface area (Å²) in [6.45, 7) is 4.25. The van der Waals surface area contributed by atoms with Gasteiger partial charge in [-0.25, -0.2) is 4.39 Å². The third-order valence-corrected chi connectivity index (χ3v) is 6.93. The zero-order chi connectivity index (χ0) is 33.1. The van der Waals surface area contributed by atoms with Crippen molar-refractivity contribution in [2.75, 3.05) is 26.5 Å². The Morgan fingerprint density at radius 1 is 0.844 bits per heavy atom. The van der Waals surface area contributed by atoms with E-state index in [1.165, 1.54) is 12.1 Å². The van der Waals surface area contributed by atoms with Crippen LogP contribution in [-0.4, -0.2) is 70.0 Å². The quantitative estimate of drug-likeness (QED) is 0.144. The van der Waals surface area contributed by atoms with E-state index in [2.05, 4.69) is 5.32 Å². The maximum Gasteiger partial charge on any atom is 0.305 e. The Labute approximate surface area is 264 Å². The normalized spacial score (nSPS) is 12.4. The number of rotatable bonds is 12. The Morgan fingerprint density at radius 3 is 1.93 bits per heavy atom. The molecule has 4 rings (SSSR count). The first-order chi connectivity index (χ1) is 21.4. The molecule has 0 aliphatic rings. The second kappa shape index (κ2) is 16.7. The summed E-state index contributed by atoms with van der Waals surface area (Å²) in [6.07, 6.45) is -2.51. The van der Waals surface area contributed by atoms with Crippen LogP contribution in [0.15, 0.2) is 84.9 Å². The van der Waals surface area contributed by atoms with E-state index < -0.39 is 24.6 Å². The first kappa shape index (κ1) is 35.2. The number of amides is 1. The van der Waals surface area contributed by atoms with Crippen molar-refractivity contribution >= 4 is 17.6 Å². The second-order valence-corrected chi connectivity index (χ2v) is 11.8. The van der Waals surface area contributed by atoms with Gasteiger partial charge in [-0.1, -0.05) is 62.4 Å². The van der Waals surface area contributed by atoms with Crippen LogP contribution in [0.25, 0.3) is 22.4 Å². The summed E-state index contributed by atoms with van der Waals surface area (Å²) >= 11 is 0. The summed E-state index contributed by atoms with van der Waals surface area (Å²) in [4.78, 5) is 27.0. The van der Waals surface area contributed by atoms with Crippen LogP contribution in [0.1, 0.15) is 55.1 Å². The average Bonchev–Trinajstić information content (AvgIpc) is 3.32. The topological polar surface area (TPSA) is 115 Å². The highest BCUT2D eigenvalue weighted by atomic mass is 19.1. The van der Waals surface area contributed by atoms with Gasteiger partial charge < -0.3 is 30.1 Å². The Hall–Kier alpha value is -4.31. The maximum atomic E-state index is 14.0. The van der Waals surface area contributed by atoms with Crippen molar-refractivity contribution in [3.05, 3.63) is 102 Å². The van der Waals surface area contributed by atoms with Crippen LogP contribution in [0.2, 0.25) is 0 Å². The van der Waals surface area contributed by atoms with E-state index in [-0.39, 0.29) is 37.0 Å². The number of carbonyl (C=O) groups excluding carboxylic acids is 1. The molecular weight excluding hydrogens is 573 g/mol. The standard InChI is InChI=1S/C33H35FN2O5.C3H9N/c1-21(2)31-30(33(41)35-25-11-7-4-8-12-25)29(22-9-5-3-6-10-22)32(23-13-15-24(34)16-14-23)36(31)18-17-26(37)19-27(38)20-28(39)40;1-4(2)3/h3-16,21,26-27,37-38H,17-20H2,1-2H3,(H,35,41)(H,39,40);1-3H3/t26-,27-;/m1./s1. The minimum atomic E-state index is -1.18. The van der Waals surface area contributed by atoms with E-state index in [4.69, 9.17) is 5.11 Å². The van der Waals surface area contributed by atoms with Crippen LogP contribution in [0, 0.1) is 5.82 Å². The number of halogens is 1. The number of carbonyl (C=O) groups is 2. The van der Waals surface area contributed by atoms with Gasteiger partial charge in [0.15, 0.2) is 0 Å². The Balaban J connectivity index is 0.00000130. The molecule has 4 N–H and O–H groups in total. The zero-order valence-electron chi connectivity index (χ0n) is 26.6. The molecule has 8 nitrogen and oxygen atoms in total. The van der Waals surface area contributed by atoms with Crippen molar-refractivity contribution in [2.24, 2.45) is 0 Å². The van der Waals surface area contributed by atoms with Gasteiger partial charge in [-0.05, 0) is 87.4 Å². The molecule has 1 aromatic heterocycles. The van der Waals surface area contributed by atoms with Gasteiger partial charge in [-0.15, -0.1) is 0 Å². The summed E-state index contributed by atoms with van der Waals surface area (Å²) in [6, 6.07) is 24.8. The van der Waals surface area contributed by atoms with Crippen LogP contribution in [-0.2, 0) is 11.3 Å². The smallest absolute Gasteiger partial charge is 0.305 e. The lowest BCUT2D eigenvalue weighted by Gasteiger charge is -2.20. The lowest BCUT2D eigenvalue weighted by molar-refractivity contribution is -0.139. The number of aliphatic carboxylic acids is 1. The largest absolute Gasteiger partial charge is 0.481 e. The number of carboxylic acids is 1. The van der Waals surface area contributed by atoms with Gasteiger partial charge in [0.2, 0.25) is 0 Å². The van der Waals surface area contributed by atoms with Crippen molar-refractivity contribution in [3.63, 3.8) is 0 Å². The van der Waals surface area contributed by atoms with Crippen molar-refractivity contribution in [1.29, 1.82) is 0 Å². The van der Waals surface area contributed by atoms with Crippen LogP contribution < -0.4 is 5.32 Å². The van der Waals surface area contributed by atoms with Crippen LogP contribution in [0.5, 0.6) is 0 Å². The highest BCUT2D eigenvalue weighted by molar-refractivity contribution is 6.12. The minimum Gasteiger partial charge on any atom is -0.481 e. The van der Waals surface area contributed by atoms with E-state index >= 15 is 0 Å². The second-order valence-electron chi connectivity index (χ2n) is 11.8. The van der Waals surface area contributed by atoms with Crippen LogP contribution >= 0.6 is 0 Å². The van der Waals surface area contributed by atoms with Gasteiger partial charge in [0, 0.05) is 23.5 Å². The van der Waals surface area contributed by atoms with Gasteiger partial charge in [0.25, 0.3) is 5.91 Å². The summed E-state index contributed by atoms with van der Waals surface area (Å²) in [5, 5.41) is 32.8. The molecule has 0 aliphatic heterocycles. The molecule has 0 saturated heterocycles. The number of benzene rings is 3. The SMILES string of the molecule is CC(C)c1c(C(=O)Nc2ccccc2)c(-c2ccccc2)c(-c2ccc(F)cc2)n1CC[C@@H](O)C[C@@H](O)CC(=O)O.CN(C)C. The number of aromatic nitrogens is 1. The number of aliphatic hydroxyl groups is 2. The predicted molar refractivity (Wildman–Crippen MR) is 177 cm³/mol. The molecule has 9 heteroatoms. The van der Waals surface area contributed by atoms with Gasteiger partial charge >= 0.3 is 5.97 Å². The fourth-order valence-corrected chi connectivity index (χ4v) is 5.20. The molecular formula is C36H44FN3O5. The fourth-order valence-electron chi connectivity index (χ4n) is 5.20. The molecule has 0 bridgehead atoms. The van der Waals surface area contributed by atoms with Crippen molar-refractivity contribution in [3.8, 4) is 22.4 Å². The van der Waals surface area contributed by atoms with Crippen LogP contribution in [0.3, 0.4) is 0 Å². The lowest BCUT2D eigenvalue weighted by atomic mass is 9.94. The van der Waals surface area contributed by atoms with Gasteiger partial charge in [0.1, 0.15) is 5.82 Å². The number of anilines is 1. The molecule has 0 fully saturated rings. The summed E-state index contributed by atoms with van der Waals surface area (Å²) in [7, 11) is 6.00. The number of hydrogen-bond donors (Lipinski definition) is 4. The van der Waals surface area contributed by atoms with Crippen molar-refractivity contribution in [2.45, 2.75) is 57.8 Å². The first-order valence-electron chi connectivity index (χ1n) is 15.0. The molecule has 0 spiro atoms. The molecule has 2 atom stereocenters. The lowest BCUT2D eigenvalue weighted by Crippen LogP contribution is -2.22. The van der Waals surface area contributed by atoms with Gasteiger partial charge in [-0.3, -0.25) is 9.59 Å². The fraction of sp³-hybridized carbons (Fsp3) is 0.333. The Kier molecular flexibility index (Phi) is 13.0. The van der Waals surface area contributed by atoms with Crippen LogP contribution in [0.4, 0.5) is 10.1 Å². The molecule has 45 heavy (non-hydrogen) atoms. The number of aliphatic hydroxyl groups excluding tert-OH is 2. The average molecular weight is 618 g/mol. The van der Waals surface area contributed by atoms with E-state index in [1.807, 2.05) is 105 Å². The van der Waals surface area contributed by atoms with E-state index in [9.17, 15) is 24.2 Å². The van der Waals surface area contributed by atoms with E-state index in [0.29, 0.717) is 28.1 Å². The number of nitrogens with zero attached hydrogens (tertiary/aromatic N) is 2. The highest BCUT2D eigenvalue weighted by Gasteiger charge is 2.31. The zero-order valence-corrected chi connectivity index (χ0v) is 26.6. The number of nitrogens with one attached hydrogen (secondary N) is 1. The molecule has 240 valence electrons. The summed E-state index contributed by atoms with van der Waals surface area (Å²) in [5.74, 6) is -1.93. The van der Waals surface area contributed by atoms with E-state index in [1.54, 1.807) is 12.1 Å². The number of hydrogen-bond acceptors (Lipinski definition) is 5. The summed E-state index contributed by atoms with van der Waals surface area (Å²) < 4.78 is 16.0. The third kappa shape index (κ3) is 10.1. The molecule has 0 aliphatic carbocycles. The Bertz CT molecular complexity index is 1520. The summed E-state index contributed by atoms with van der Waals surface area (Å²) in [5.41, 5.74) is 4.77. The molecule has 4 aromatic rings. The maximum absolute atomic E-state index is 14.0. The number of carboxylic acid groups (broad SMARTS) is 1. The van der Waals surface area contributed by atoms with Crippen molar-refractivity contribution < 1.29 is 29.3 Å². The molecule has 0 radical (unpaired) electrons.